The van der Waals surface area contributed by atoms with Crippen LogP contribution in [0.4, 0.5) is 11.4 Å². The van der Waals surface area contributed by atoms with Gasteiger partial charge >= 0.3 is 0 Å². The van der Waals surface area contributed by atoms with Crippen LogP contribution in [0.25, 0.3) is 10.9 Å². The first kappa shape index (κ1) is 21.3. The van der Waals surface area contributed by atoms with Gasteiger partial charge in [-0.25, -0.2) is 14.9 Å². The van der Waals surface area contributed by atoms with Crippen LogP contribution in [-0.2, 0) is 14.4 Å². The van der Waals surface area contributed by atoms with Crippen molar-refractivity contribution in [3.63, 3.8) is 0 Å². The van der Waals surface area contributed by atoms with Gasteiger partial charge in [0.25, 0.3) is 5.91 Å². The molecule has 2 aliphatic heterocycles. The maximum absolute atomic E-state index is 13.7. The van der Waals surface area contributed by atoms with Crippen LogP contribution in [0.5, 0.6) is 0 Å². The Kier molecular flexibility index (Phi) is 5.13. The summed E-state index contributed by atoms with van der Waals surface area (Å²) in [5, 5.41) is 2.79. The summed E-state index contributed by atoms with van der Waals surface area (Å²) in [6, 6.07) is 25.4. The molecule has 0 N–H and O–H groups in total. The number of carbonyl (C=O) groups is 2. The number of hydrogen-bond donors (Lipinski definition) is 0. The number of para-hydroxylation sites is 2. The second kappa shape index (κ2) is 8.20. The van der Waals surface area contributed by atoms with Crippen molar-refractivity contribution in [2.24, 2.45) is 5.92 Å². The van der Waals surface area contributed by atoms with E-state index in [-0.39, 0.29) is 11.1 Å². The molecule has 168 valence electrons. The summed E-state index contributed by atoms with van der Waals surface area (Å²) in [5.74, 6) is -1.51. The van der Waals surface area contributed by atoms with E-state index in [2.05, 4.69) is 20.9 Å². The molecule has 4 aromatic rings. The molecule has 2 amide bonds. The lowest BCUT2D eigenvalue weighted by molar-refractivity contribution is -0.126. The number of benzene rings is 3. The van der Waals surface area contributed by atoms with Crippen molar-refractivity contribution in [3.05, 3.63) is 100 Å². The molecular formula is C26H17BrClN3O3. The average Bonchev–Trinajstić information content (AvgIpc) is 3.36. The van der Waals surface area contributed by atoms with Crippen molar-refractivity contribution in [2.75, 3.05) is 9.96 Å². The van der Waals surface area contributed by atoms with Crippen LogP contribution >= 0.6 is 27.5 Å². The van der Waals surface area contributed by atoms with Crippen LogP contribution in [0, 0.1) is 5.92 Å². The third kappa shape index (κ3) is 3.31. The zero-order chi connectivity index (χ0) is 23.4. The molecule has 0 unspecified atom stereocenters. The van der Waals surface area contributed by atoms with Gasteiger partial charge in [0.15, 0.2) is 6.10 Å². The fourth-order valence-corrected chi connectivity index (χ4v) is 5.21. The van der Waals surface area contributed by atoms with Gasteiger partial charge in [0, 0.05) is 15.4 Å². The molecule has 1 aromatic heterocycles. The van der Waals surface area contributed by atoms with Gasteiger partial charge in [-0.15, -0.1) is 0 Å². The number of rotatable bonds is 3. The molecule has 3 aromatic carbocycles. The lowest BCUT2D eigenvalue weighted by Gasteiger charge is -2.29. The minimum Gasteiger partial charge on any atom is -0.273 e. The van der Waals surface area contributed by atoms with Crippen molar-refractivity contribution in [1.29, 1.82) is 0 Å². The van der Waals surface area contributed by atoms with Crippen molar-refractivity contribution in [1.82, 2.24) is 4.98 Å². The highest BCUT2D eigenvalue weighted by Gasteiger charge is 2.60. The van der Waals surface area contributed by atoms with Gasteiger partial charge in [-0.1, -0.05) is 63.9 Å². The minimum absolute atomic E-state index is 0.274. The second-order valence-corrected chi connectivity index (χ2v) is 9.48. The number of hydroxylamine groups is 1. The summed E-state index contributed by atoms with van der Waals surface area (Å²) in [6.07, 6.45) is -0.969. The molecule has 3 atom stereocenters. The highest BCUT2D eigenvalue weighted by Crippen LogP contribution is 2.49. The minimum atomic E-state index is -0.969. The monoisotopic (exact) mass is 533 g/mol. The molecular weight excluding hydrogens is 518 g/mol. The van der Waals surface area contributed by atoms with E-state index in [0.29, 0.717) is 11.3 Å². The predicted molar refractivity (Wildman–Crippen MR) is 133 cm³/mol. The number of pyridine rings is 1. The van der Waals surface area contributed by atoms with E-state index in [1.54, 1.807) is 29.3 Å². The summed E-state index contributed by atoms with van der Waals surface area (Å²) >= 11 is 10.1. The topological polar surface area (TPSA) is 62.7 Å². The van der Waals surface area contributed by atoms with Crippen LogP contribution in [-0.4, -0.2) is 22.9 Å². The van der Waals surface area contributed by atoms with Crippen LogP contribution in [0.2, 0.25) is 5.15 Å². The van der Waals surface area contributed by atoms with Gasteiger partial charge in [0.1, 0.15) is 11.1 Å². The van der Waals surface area contributed by atoms with Crippen LogP contribution in [0.1, 0.15) is 11.6 Å². The Balaban J connectivity index is 1.49. The first-order valence-corrected chi connectivity index (χ1v) is 11.9. The average molecular weight is 535 g/mol. The van der Waals surface area contributed by atoms with Crippen molar-refractivity contribution in [3.8, 4) is 0 Å². The predicted octanol–water partition coefficient (Wildman–Crippen LogP) is 5.70. The number of nitrogens with zero attached hydrogens (tertiary/aromatic N) is 3. The third-order valence-electron chi connectivity index (χ3n) is 6.23. The van der Waals surface area contributed by atoms with Crippen molar-refractivity contribution < 1.29 is 14.4 Å². The Bertz CT molecular complexity index is 1430. The molecule has 0 aliphatic carbocycles. The van der Waals surface area contributed by atoms with Gasteiger partial charge in [-0.3, -0.25) is 14.4 Å². The number of amides is 2. The first-order chi connectivity index (χ1) is 16.5. The van der Waals surface area contributed by atoms with Crippen LogP contribution in [0.15, 0.2) is 89.4 Å². The Labute approximate surface area is 208 Å². The van der Waals surface area contributed by atoms with Gasteiger partial charge < -0.3 is 0 Å². The largest absolute Gasteiger partial charge is 0.273 e. The van der Waals surface area contributed by atoms with Gasteiger partial charge in [0.2, 0.25) is 5.91 Å². The van der Waals surface area contributed by atoms with Crippen LogP contribution in [0.3, 0.4) is 0 Å². The van der Waals surface area contributed by atoms with Crippen LogP contribution < -0.4 is 9.96 Å². The lowest BCUT2D eigenvalue weighted by atomic mass is 9.90. The van der Waals surface area contributed by atoms with E-state index in [4.69, 9.17) is 16.4 Å². The fourth-order valence-electron chi connectivity index (χ4n) is 4.69. The smallest absolute Gasteiger partial charge is 0.266 e. The summed E-state index contributed by atoms with van der Waals surface area (Å²) in [6.45, 7) is 0. The Morgan fingerprint density at radius 2 is 1.56 bits per heavy atom. The second-order valence-electron chi connectivity index (χ2n) is 8.21. The first-order valence-electron chi connectivity index (χ1n) is 10.7. The van der Waals surface area contributed by atoms with E-state index < -0.39 is 24.0 Å². The van der Waals surface area contributed by atoms with E-state index in [1.807, 2.05) is 60.7 Å². The number of anilines is 2. The lowest BCUT2D eigenvalue weighted by Crippen LogP contribution is -2.37. The summed E-state index contributed by atoms with van der Waals surface area (Å²) in [5.41, 5.74) is 2.62. The molecule has 0 bridgehead atoms. The number of hydrogen-bond acceptors (Lipinski definition) is 5. The molecule has 6 nitrogen and oxygen atoms in total. The quantitative estimate of drug-likeness (QED) is 0.249. The number of aromatic nitrogens is 1. The van der Waals surface area contributed by atoms with Crippen molar-refractivity contribution in [2.45, 2.75) is 12.1 Å². The number of imide groups is 1. The Morgan fingerprint density at radius 1 is 0.853 bits per heavy atom. The standard InChI is InChI=1S/C26H17BrClN3O3/c27-16-10-12-17(13-11-16)30-25(32)21-22(19-14-15-6-4-5-9-20(15)29-24(19)28)31(34-23(21)26(30)33)18-7-2-1-3-8-18/h1-14,21-23H/t21-,22+,23+/m1/s1. The maximum Gasteiger partial charge on any atom is 0.266 e. The summed E-state index contributed by atoms with van der Waals surface area (Å²) in [7, 11) is 0. The summed E-state index contributed by atoms with van der Waals surface area (Å²) in [4.78, 5) is 39.1. The Hall–Kier alpha value is -3.26. The highest BCUT2D eigenvalue weighted by molar-refractivity contribution is 9.10. The maximum atomic E-state index is 13.7. The molecule has 2 aliphatic rings. The van der Waals surface area contributed by atoms with Gasteiger partial charge in [-0.2, -0.15) is 0 Å². The number of halogens is 2. The number of carbonyl (C=O) groups excluding carboxylic acids is 2. The molecule has 0 radical (unpaired) electrons. The summed E-state index contributed by atoms with van der Waals surface area (Å²) < 4.78 is 0.855. The molecule has 34 heavy (non-hydrogen) atoms. The van der Waals surface area contributed by atoms with Gasteiger partial charge in [-0.05, 0) is 48.5 Å². The van der Waals surface area contributed by atoms with E-state index in [1.165, 1.54) is 4.90 Å². The fraction of sp³-hybridized carbons (Fsp3) is 0.115. The van der Waals surface area contributed by atoms with E-state index in [9.17, 15) is 9.59 Å². The molecule has 6 rings (SSSR count). The van der Waals surface area contributed by atoms with E-state index in [0.717, 1.165) is 21.1 Å². The number of fused-ring (bicyclic) bond motifs is 2. The Morgan fingerprint density at radius 3 is 2.32 bits per heavy atom. The zero-order valence-corrected chi connectivity index (χ0v) is 20.0. The normalized spacial score (nSPS) is 22.0. The molecule has 8 heteroatoms. The molecule has 0 saturated carbocycles. The van der Waals surface area contributed by atoms with Crippen molar-refractivity contribution >= 4 is 61.6 Å². The third-order valence-corrected chi connectivity index (χ3v) is 7.07. The molecule has 3 heterocycles. The highest BCUT2D eigenvalue weighted by atomic mass is 79.9. The van der Waals surface area contributed by atoms with E-state index >= 15 is 0 Å². The van der Waals surface area contributed by atoms with Gasteiger partial charge in [0.05, 0.1) is 22.9 Å². The SMILES string of the molecule is O=C1[C@H]2[C@H](ON(c3ccccc3)[C@H]2c2cc3ccccc3nc2Cl)C(=O)N1c1ccc(Br)cc1. The molecule has 2 fully saturated rings. The molecule has 2 saturated heterocycles. The molecule has 0 spiro atoms. The zero-order valence-electron chi connectivity index (χ0n) is 17.6.